The smallest absolute Gasteiger partial charge is 0.143 e. The molecule has 94 valence electrons. The molecule has 0 spiro atoms. The van der Waals surface area contributed by atoms with E-state index in [9.17, 15) is 4.79 Å². The second-order valence-corrected chi connectivity index (χ2v) is 4.48. The number of para-hydroxylation sites is 1. The molecule has 1 aromatic rings. The van der Waals surface area contributed by atoms with E-state index in [1.54, 1.807) is 14.0 Å². The number of rotatable bonds is 6. The zero-order valence-electron chi connectivity index (χ0n) is 11.1. The molecular formula is C14H21NO2. The summed E-state index contributed by atoms with van der Waals surface area (Å²) in [5.74, 6) is 1.11. The molecule has 0 bridgehead atoms. The number of ether oxygens (including phenoxy) is 1. The molecular weight excluding hydrogens is 214 g/mol. The summed E-state index contributed by atoms with van der Waals surface area (Å²) in [7, 11) is 3.66. The van der Waals surface area contributed by atoms with Crippen LogP contribution < -0.4 is 4.74 Å². The Morgan fingerprint density at radius 3 is 2.65 bits per heavy atom. The van der Waals surface area contributed by atoms with Crippen molar-refractivity contribution in [1.29, 1.82) is 0 Å². The van der Waals surface area contributed by atoms with E-state index in [-0.39, 0.29) is 5.78 Å². The normalized spacial score (nSPS) is 12.5. The Hall–Kier alpha value is -1.35. The number of ketones is 1. The van der Waals surface area contributed by atoms with Crippen LogP contribution in [0.1, 0.15) is 19.4 Å². The fourth-order valence-electron chi connectivity index (χ4n) is 1.85. The molecule has 1 rings (SSSR count). The van der Waals surface area contributed by atoms with E-state index in [0.717, 1.165) is 12.2 Å². The van der Waals surface area contributed by atoms with Crippen LogP contribution in [0.4, 0.5) is 0 Å². The summed E-state index contributed by atoms with van der Waals surface area (Å²) in [6.45, 7) is 4.23. The van der Waals surface area contributed by atoms with Crippen molar-refractivity contribution in [3.05, 3.63) is 29.8 Å². The summed E-state index contributed by atoms with van der Waals surface area (Å²) in [4.78, 5) is 13.1. The summed E-state index contributed by atoms with van der Waals surface area (Å²) in [6, 6.07) is 8.32. The number of likely N-dealkylation sites (N-methyl/N-ethyl adjacent to an activating group) is 1. The number of methoxy groups -OCH3 is 1. The average Bonchev–Trinajstić information content (AvgIpc) is 2.28. The van der Waals surface area contributed by atoms with Gasteiger partial charge >= 0.3 is 0 Å². The minimum atomic E-state index is 0.194. The monoisotopic (exact) mass is 235 g/mol. The number of Topliss-reactive ketones (excluding diaryl/α,β-unsaturated/α-hetero) is 1. The summed E-state index contributed by atoms with van der Waals surface area (Å²) in [5.41, 5.74) is 1.18. The van der Waals surface area contributed by atoms with E-state index in [2.05, 4.69) is 17.9 Å². The maximum Gasteiger partial charge on any atom is 0.143 e. The third-order valence-electron chi connectivity index (χ3n) is 2.93. The highest BCUT2D eigenvalue weighted by atomic mass is 16.5. The first-order chi connectivity index (χ1) is 8.04. The lowest BCUT2D eigenvalue weighted by molar-refractivity contribution is -0.118. The minimum Gasteiger partial charge on any atom is -0.496 e. The molecule has 0 aliphatic rings. The van der Waals surface area contributed by atoms with Crippen LogP contribution >= 0.6 is 0 Å². The highest BCUT2D eigenvalue weighted by molar-refractivity contribution is 5.77. The number of nitrogens with zero attached hydrogens (tertiary/aromatic N) is 1. The molecule has 1 unspecified atom stereocenters. The lowest BCUT2D eigenvalue weighted by Gasteiger charge is -2.24. The molecule has 1 aromatic carbocycles. The number of benzene rings is 1. The van der Waals surface area contributed by atoms with E-state index in [1.807, 2.05) is 25.2 Å². The second-order valence-electron chi connectivity index (χ2n) is 4.48. The van der Waals surface area contributed by atoms with Gasteiger partial charge in [0.05, 0.1) is 13.7 Å². The third kappa shape index (κ3) is 4.19. The minimum absolute atomic E-state index is 0.194. The van der Waals surface area contributed by atoms with Crippen LogP contribution in [0.2, 0.25) is 0 Å². The van der Waals surface area contributed by atoms with Gasteiger partial charge in [-0.15, -0.1) is 0 Å². The highest BCUT2D eigenvalue weighted by Crippen LogP contribution is 2.20. The Morgan fingerprint density at radius 1 is 1.41 bits per heavy atom. The van der Waals surface area contributed by atoms with Crippen LogP contribution in [0.5, 0.6) is 5.75 Å². The van der Waals surface area contributed by atoms with Gasteiger partial charge < -0.3 is 4.74 Å². The lowest BCUT2D eigenvalue weighted by atomic mass is 10.1. The van der Waals surface area contributed by atoms with Crippen molar-refractivity contribution in [3.8, 4) is 5.75 Å². The molecule has 0 aliphatic carbocycles. The van der Waals surface area contributed by atoms with Gasteiger partial charge in [0.15, 0.2) is 0 Å². The van der Waals surface area contributed by atoms with E-state index in [0.29, 0.717) is 12.6 Å². The van der Waals surface area contributed by atoms with Gasteiger partial charge in [0.2, 0.25) is 0 Å². The molecule has 0 saturated heterocycles. The van der Waals surface area contributed by atoms with Crippen LogP contribution in [0.15, 0.2) is 24.3 Å². The number of carbonyl (C=O) groups is 1. The van der Waals surface area contributed by atoms with Crippen molar-refractivity contribution in [2.24, 2.45) is 0 Å². The molecule has 0 amide bonds. The summed E-state index contributed by atoms with van der Waals surface area (Å²) in [5, 5.41) is 0. The van der Waals surface area contributed by atoms with Crippen LogP contribution in [0, 0.1) is 0 Å². The van der Waals surface area contributed by atoms with Crippen molar-refractivity contribution in [3.63, 3.8) is 0 Å². The van der Waals surface area contributed by atoms with Crippen LogP contribution in [0.25, 0.3) is 0 Å². The van der Waals surface area contributed by atoms with E-state index >= 15 is 0 Å². The van der Waals surface area contributed by atoms with Crippen LogP contribution in [-0.4, -0.2) is 37.4 Å². The van der Waals surface area contributed by atoms with Crippen LogP contribution in [-0.2, 0) is 11.2 Å². The maximum atomic E-state index is 11.1. The molecule has 0 radical (unpaired) electrons. The molecule has 0 aliphatic heterocycles. The molecule has 0 saturated carbocycles. The Kier molecular flexibility index (Phi) is 5.16. The molecule has 3 nitrogen and oxygen atoms in total. The second kappa shape index (κ2) is 6.40. The first-order valence-electron chi connectivity index (χ1n) is 5.86. The van der Waals surface area contributed by atoms with Crippen molar-refractivity contribution in [2.75, 3.05) is 20.7 Å². The molecule has 3 heteroatoms. The van der Waals surface area contributed by atoms with Gasteiger partial charge in [-0.3, -0.25) is 9.69 Å². The Labute approximate surface area is 103 Å². The number of hydrogen-bond acceptors (Lipinski definition) is 3. The van der Waals surface area contributed by atoms with Gasteiger partial charge in [-0.2, -0.15) is 0 Å². The highest BCUT2D eigenvalue weighted by Gasteiger charge is 2.13. The number of hydrogen-bond donors (Lipinski definition) is 0. The average molecular weight is 235 g/mol. The van der Waals surface area contributed by atoms with E-state index in [4.69, 9.17) is 4.74 Å². The SMILES string of the molecule is COc1ccccc1CC(C)N(C)CC(C)=O. The Balaban J connectivity index is 2.66. The van der Waals surface area contributed by atoms with Gasteiger partial charge in [-0.05, 0) is 38.9 Å². The fourth-order valence-corrected chi connectivity index (χ4v) is 1.85. The molecule has 0 heterocycles. The largest absolute Gasteiger partial charge is 0.496 e. The Morgan fingerprint density at radius 2 is 2.06 bits per heavy atom. The molecule has 17 heavy (non-hydrogen) atoms. The Bertz CT molecular complexity index is 376. The first-order valence-corrected chi connectivity index (χ1v) is 5.86. The van der Waals surface area contributed by atoms with Gasteiger partial charge in [-0.25, -0.2) is 0 Å². The molecule has 0 N–H and O–H groups in total. The maximum absolute atomic E-state index is 11.1. The quantitative estimate of drug-likeness (QED) is 0.756. The van der Waals surface area contributed by atoms with Gasteiger partial charge in [0, 0.05) is 6.04 Å². The lowest BCUT2D eigenvalue weighted by Crippen LogP contribution is -2.34. The van der Waals surface area contributed by atoms with Crippen molar-refractivity contribution in [2.45, 2.75) is 26.3 Å². The third-order valence-corrected chi connectivity index (χ3v) is 2.93. The van der Waals surface area contributed by atoms with E-state index < -0.39 is 0 Å². The van der Waals surface area contributed by atoms with Gasteiger partial charge in [0.25, 0.3) is 0 Å². The van der Waals surface area contributed by atoms with Crippen molar-refractivity contribution in [1.82, 2.24) is 4.90 Å². The fraction of sp³-hybridized carbons (Fsp3) is 0.500. The predicted octanol–water partition coefficient (Wildman–Crippen LogP) is 2.15. The van der Waals surface area contributed by atoms with Crippen molar-refractivity contribution >= 4 is 5.78 Å². The van der Waals surface area contributed by atoms with Crippen molar-refractivity contribution < 1.29 is 9.53 Å². The van der Waals surface area contributed by atoms with E-state index in [1.165, 1.54) is 5.56 Å². The number of carbonyl (C=O) groups excluding carboxylic acids is 1. The molecule has 0 fully saturated rings. The van der Waals surface area contributed by atoms with Gasteiger partial charge in [-0.1, -0.05) is 18.2 Å². The van der Waals surface area contributed by atoms with Gasteiger partial charge in [0.1, 0.15) is 11.5 Å². The standard InChI is InChI=1S/C14H21NO2/c1-11(15(3)10-12(2)16)9-13-7-5-6-8-14(13)17-4/h5-8,11H,9-10H2,1-4H3. The molecule has 1 atom stereocenters. The summed E-state index contributed by atoms with van der Waals surface area (Å²) < 4.78 is 5.32. The first kappa shape index (κ1) is 13.7. The zero-order chi connectivity index (χ0) is 12.8. The summed E-state index contributed by atoms with van der Waals surface area (Å²) >= 11 is 0. The predicted molar refractivity (Wildman–Crippen MR) is 69.5 cm³/mol. The molecule has 0 aromatic heterocycles. The topological polar surface area (TPSA) is 29.5 Å². The summed E-state index contributed by atoms with van der Waals surface area (Å²) in [6.07, 6.45) is 0.883. The van der Waals surface area contributed by atoms with Crippen LogP contribution in [0.3, 0.4) is 0 Å². The zero-order valence-corrected chi connectivity index (χ0v) is 11.1.